The first-order valence-corrected chi connectivity index (χ1v) is 12.7. The van der Waals surface area contributed by atoms with Gasteiger partial charge in [0.1, 0.15) is 6.10 Å². The summed E-state index contributed by atoms with van der Waals surface area (Å²) in [6.07, 6.45) is -0.285. The van der Waals surface area contributed by atoms with E-state index < -0.39 is 23.7 Å². The third-order valence-corrected chi connectivity index (χ3v) is 7.74. The summed E-state index contributed by atoms with van der Waals surface area (Å²) in [6.45, 7) is 0.443. The molecule has 10 heteroatoms. The summed E-state index contributed by atoms with van der Waals surface area (Å²) < 4.78 is 1.74. The van der Waals surface area contributed by atoms with E-state index >= 15 is 0 Å². The van der Waals surface area contributed by atoms with Gasteiger partial charge in [-0.3, -0.25) is 4.79 Å². The minimum atomic E-state index is -1.19. The molecular weight excluding hydrogens is 504 g/mol. The maximum Gasteiger partial charge on any atom is 0.229 e. The first-order chi connectivity index (χ1) is 18.4. The van der Waals surface area contributed by atoms with E-state index in [-0.39, 0.29) is 17.6 Å². The van der Waals surface area contributed by atoms with Gasteiger partial charge in [-0.1, -0.05) is 47.9 Å². The van der Waals surface area contributed by atoms with E-state index in [9.17, 15) is 15.0 Å². The maximum atomic E-state index is 12.6. The average Bonchev–Trinajstić information content (AvgIpc) is 3.47. The lowest BCUT2D eigenvalue weighted by atomic mass is 9.98. The molecule has 192 valence electrons. The number of nitrogens with zero attached hydrogens (tertiary/aromatic N) is 4. The zero-order valence-electron chi connectivity index (χ0n) is 20.5. The number of aromatic nitrogens is 4. The smallest absolute Gasteiger partial charge is 0.229 e. The number of fused-ring (bicyclic) bond motifs is 2. The van der Waals surface area contributed by atoms with E-state index in [1.54, 1.807) is 10.9 Å². The summed E-state index contributed by atoms with van der Waals surface area (Å²) in [7, 11) is 1.54. The molecule has 0 saturated heterocycles. The normalized spacial score (nSPS) is 25.4. The van der Waals surface area contributed by atoms with Crippen molar-refractivity contribution in [3.8, 4) is 11.8 Å². The molecule has 2 fully saturated rings. The van der Waals surface area contributed by atoms with E-state index in [0.717, 1.165) is 11.1 Å². The van der Waals surface area contributed by atoms with E-state index in [1.165, 1.54) is 7.05 Å². The van der Waals surface area contributed by atoms with Crippen LogP contribution < -0.4 is 10.6 Å². The molecule has 0 radical (unpaired) electrons. The molecule has 2 aliphatic carbocycles. The second-order valence-corrected chi connectivity index (χ2v) is 10.1. The van der Waals surface area contributed by atoms with Gasteiger partial charge in [0, 0.05) is 30.1 Å². The van der Waals surface area contributed by atoms with Crippen LogP contribution in [0.1, 0.15) is 29.4 Å². The van der Waals surface area contributed by atoms with Crippen molar-refractivity contribution in [2.75, 3.05) is 12.4 Å². The van der Waals surface area contributed by atoms with Crippen molar-refractivity contribution in [2.24, 2.45) is 11.3 Å². The molecule has 2 aliphatic rings. The minimum absolute atomic E-state index is 0.249. The Morgan fingerprint density at radius 1 is 1.16 bits per heavy atom. The van der Waals surface area contributed by atoms with Gasteiger partial charge in [0.15, 0.2) is 17.0 Å². The Labute approximate surface area is 223 Å². The largest absolute Gasteiger partial charge is 0.389 e. The summed E-state index contributed by atoms with van der Waals surface area (Å²) in [4.78, 5) is 26.5. The van der Waals surface area contributed by atoms with E-state index in [0.29, 0.717) is 35.0 Å². The first-order valence-electron chi connectivity index (χ1n) is 12.3. The second kappa shape index (κ2) is 9.40. The van der Waals surface area contributed by atoms with E-state index in [2.05, 4.69) is 37.4 Å². The fraction of sp³-hybridized carbons (Fsp3) is 0.286. The molecule has 0 aliphatic heterocycles. The van der Waals surface area contributed by atoms with Crippen molar-refractivity contribution in [1.29, 1.82) is 0 Å². The first kappa shape index (κ1) is 24.4. The molecule has 0 unspecified atom stereocenters. The molecule has 38 heavy (non-hydrogen) atoms. The minimum Gasteiger partial charge on any atom is -0.389 e. The number of nitrogens with one attached hydrogen (secondary N) is 2. The molecule has 0 spiro atoms. The fourth-order valence-corrected chi connectivity index (χ4v) is 5.80. The molecule has 4 N–H and O–H groups in total. The third-order valence-electron chi connectivity index (χ3n) is 7.51. The van der Waals surface area contributed by atoms with Gasteiger partial charge in [-0.15, -0.1) is 0 Å². The summed E-state index contributed by atoms with van der Waals surface area (Å²) in [5.74, 6) is 6.36. The van der Waals surface area contributed by atoms with Gasteiger partial charge < -0.3 is 25.4 Å². The number of carbonyl (C=O) groups excluding carboxylic acids is 1. The molecule has 5 atom stereocenters. The lowest BCUT2D eigenvalue weighted by molar-refractivity contribution is -0.132. The Balaban J connectivity index is 1.41. The quantitative estimate of drug-likeness (QED) is 0.293. The molecule has 2 aromatic carbocycles. The molecule has 2 saturated carbocycles. The highest BCUT2D eigenvalue weighted by atomic mass is 35.5. The number of amides is 1. The van der Waals surface area contributed by atoms with Crippen LogP contribution in [0, 0.1) is 23.2 Å². The SMILES string of the molecule is CNC(=O)[C@@]12C[C@@H]1[C@@H](n1cnc3c(NCc4cccc(Cl)c4)nc(C#Cc4ccccc4)nc31)[C@H](O)[C@@H]2O. The van der Waals surface area contributed by atoms with Crippen LogP contribution in [0.4, 0.5) is 5.82 Å². The summed E-state index contributed by atoms with van der Waals surface area (Å²) in [5.41, 5.74) is 1.73. The van der Waals surface area contributed by atoms with E-state index in [4.69, 9.17) is 11.6 Å². The highest BCUT2D eigenvalue weighted by Crippen LogP contribution is 2.67. The Morgan fingerprint density at radius 3 is 2.74 bits per heavy atom. The highest BCUT2D eigenvalue weighted by molar-refractivity contribution is 6.30. The number of aliphatic hydroxyl groups excluding tert-OH is 2. The van der Waals surface area contributed by atoms with E-state index in [1.807, 2.05) is 54.6 Å². The Morgan fingerprint density at radius 2 is 1.97 bits per heavy atom. The van der Waals surface area contributed by atoms with Crippen LogP contribution in [0.3, 0.4) is 0 Å². The molecule has 1 amide bonds. The number of benzene rings is 2. The van der Waals surface area contributed by atoms with Gasteiger partial charge in [-0.2, -0.15) is 0 Å². The number of hydrogen-bond acceptors (Lipinski definition) is 7. The van der Waals surface area contributed by atoms with Crippen LogP contribution in [-0.4, -0.2) is 54.9 Å². The molecule has 2 heterocycles. The topological polar surface area (TPSA) is 125 Å². The number of aliphatic hydroxyl groups is 2. The summed E-state index contributed by atoms with van der Waals surface area (Å²) >= 11 is 6.15. The molecule has 9 nitrogen and oxygen atoms in total. The zero-order chi connectivity index (χ0) is 26.4. The predicted molar refractivity (Wildman–Crippen MR) is 142 cm³/mol. The lowest BCUT2D eigenvalue weighted by Crippen LogP contribution is -2.41. The third kappa shape index (κ3) is 3.98. The van der Waals surface area contributed by atoms with Gasteiger partial charge in [0.25, 0.3) is 0 Å². The monoisotopic (exact) mass is 528 g/mol. The Hall–Kier alpha value is -3.97. The van der Waals surface area contributed by atoms with Crippen molar-refractivity contribution >= 4 is 34.5 Å². The fourth-order valence-electron chi connectivity index (χ4n) is 5.58. The van der Waals surface area contributed by atoms with Gasteiger partial charge in [0.05, 0.1) is 23.9 Å². The van der Waals surface area contributed by atoms with Gasteiger partial charge >= 0.3 is 0 Å². The van der Waals surface area contributed by atoms with Crippen molar-refractivity contribution in [3.05, 3.63) is 82.9 Å². The standard InChI is InChI=1S/C28H25ClN6O3/c1-30-27(38)28-13-19(28)22(23(36)24(28)37)35-15-32-21-25(31-14-17-8-5-9-18(29)12-17)33-20(34-26(21)35)11-10-16-6-3-2-4-7-16/h2-9,12,15,19,22-24,36-37H,13-14H2,1H3,(H,30,38)(H,31,33,34)/t19-,22-,23+,24+,28+/m1/s1. The molecule has 0 bridgehead atoms. The molecule has 6 rings (SSSR count). The van der Waals surface area contributed by atoms with Gasteiger partial charge in [-0.25, -0.2) is 15.0 Å². The van der Waals surface area contributed by atoms with Crippen LogP contribution in [0.15, 0.2) is 60.9 Å². The highest BCUT2D eigenvalue weighted by Gasteiger charge is 2.75. The summed E-state index contributed by atoms with van der Waals surface area (Å²) in [6, 6.07) is 16.5. The van der Waals surface area contributed by atoms with Crippen molar-refractivity contribution in [2.45, 2.75) is 31.2 Å². The van der Waals surface area contributed by atoms with Crippen molar-refractivity contribution in [1.82, 2.24) is 24.8 Å². The Kier molecular flexibility index (Phi) is 6.03. The number of halogens is 1. The second-order valence-electron chi connectivity index (χ2n) is 9.68. The van der Waals surface area contributed by atoms with Crippen molar-refractivity contribution in [3.63, 3.8) is 0 Å². The molecule has 2 aromatic heterocycles. The molecule has 4 aromatic rings. The average molecular weight is 529 g/mol. The Bertz CT molecular complexity index is 1600. The number of anilines is 1. The van der Waals surface area contributed by atoms with Crippen LogP contribution in [-0.2, 0) is 11.3 Å². The predicted octanol–water partition coefficient (Wildman–Crippen LogP) is 2.52. The van der Waals surface area contributed by atoms with Crippen molar-refractivity contribution < 1.29 is 15.0 Å². The molecular formula is C28H25ClN6O3. The number of rotatable bonds is 5. The maximum absolute atomic E-state index is 12.6. The number of carbonyl (C=O) groups is 1. The zero-order valence-corrected chi connectivity index (χ0v) is 21.2. The van der Waals surface area contributed by atoms with Gasteiger partial charge in [0.2, 0.25) is 11.7 Å². The summed E-state index contributed by atoms with van der Waals surface area (Å²) in [5, 5.41) is 28.4. The number of hydrogen-bond donors (Lipinski definition) is 4. The number of imidazole rings is 1. The van der Waals surface area contributed by atoms with Crippen LogP contribution in [0.2, 0.25) is 5.02 Å². The van der Waals surface area contributed by atoms with Crippen LogP contribution in [0.25, 0.3) is 11.2 Å². The van der Waals surface area contributed by atoms with Crippen LogP contribution >= 0.6 is 11.6 Å². The lowest BCUT2D eigenvalue weighted by Gasteiger charge is -2.23. The van der Waals surface area contributed by atoms with Gasteiger partial charge in [-0.05, 0) is 42.2 Å². The van der Waals surface area contributed by atoms with Crippen LogP contribution in [0.5, 0.6) is 0 Å².